The highest BCUT2D eigenvalue weighted by Crippen LogP contribution is 2.11. The van der Waals surface area contributed by atoms with Gasteiger partial charge in [0.05, 0.1) is 0 Å². The van der Waals surface area contributed by atoms with Crippen molar-refractivity contribution in [2.75, 3.05) is 0 Å². The van der Waals surface area contributed by atoms with Crippen molar-refractivity contribution in [3.63, 3.8) is 0 Å². The van der Waals surface area contributed by atoms with Crippen LogP contribution in [0, 0.1) is 0 Å². The first kappa shape index (κ1) is 9.42. The summed E-state index contributed by atoms with van der Waals surface area (Å²) in [7, 11) is 0. The molecule has 3 heteroatoms. The maximum atomic E-state index is 10.7. The summed E-state index contributed by atoms with van der Waals surface area (Å²) in [5.74, 6) is 0. The molecule has 0 saturated heterocycles. The molecule has 12 heavy (non-hydrogen) atoms. The number of carbonyl (C=O) groups is 1. The zero-order chi connectivity index (χ0) is 8.97. The van der Waals surface area contributed by atoms with Gasteiger partial charge in [-0.05, 0) is 12.1 Å². The molecule has 0 aromatic heterocycles. The molecule has 0 saturated carbocycles. The highest BCUT2D eigenvalue weighted by atomic mass is 32.2. The van der Waals surface area contributed by atoms with Gasteiger partial charge in [0.2, 0.25) is 0 Å². The maximum absolute atomic E-state index is 10.7. The van der Waals surface area contributed by atoms with Crippen LogP contribution in [0.2, 0.25) is 0 Å². The van der Waals surface area contributed by atoms with Gasteiger partial charge in [0, 0.05) is 24.2 Å². The molecule has 0 fully saturated rings. The van der Waals surface area contributed by atoms with E-state index in [1.54, 1.807) is 0 Å². The van der Waals surface area contributed by atoms with Crippen LogP contribution in [0.1, 0.15) is 12.5 Å². The van der Waals surface area contributed by atoms with Gasteiger partial charge >= 0.3 is 0 Å². The Kier molecular flexibility index (Phi) is 3.44. The molecule has 0 unspecified atom stereocenters. The minimum absolute atomic E-state index is 0.0591. The molecule has 1 aromatic carbocycles. The number of hydrogen-bond acceptors (Lipinski definition) is 2. The second-order valence-corrected chi connectivity index (χ2v) is 4.20. The largest absolute Gasteiger partial charge is 0.287 e. The van der Waals surface area contributed by atoms with Gasteiger partial charge in [0.25, 0.3) is 4.20 Å². The van der Waals surface area contributed by atoms with Gasteiger partial charge in [0.15, 0.2) is 17.3 Å². The number of hydrogen-bond donors (Lipinski definition) is 0. The summed E-state index contributed by atoms with van der Waals surface area (Å²) in [4.78, 5) is 10.7. The predicted octanol–water partition coefficient (Wildman–Crippen LogP) is 1.72. The van der Waals surface area contributed by atoms with E-state index in [1.807, 2.05) is 30.3 Å². The van der Waals surface area contributed by atoms with E-state index in [0.29, 0.717) is 0 Å². The molecule has 1 rings (SSSR count). The van der Waals surface area contributed by atoms with E-state index in [2.05, 4.69) is 12.2 Å². The average molecular weight is 197 g/mol. The fraction of sp³-hybridized carbons (Fsp3) is 0.111. The molecular weight excluding hydrogens is 188 g/mol. The Balaban J connectivity index is 2.73. The van der Waals surface area contributed by atoms with Crippen LogP contribution in [0.15, 0.2) is 30.3 Å². The first-order chi connectivity index (χ1) is 5.70. The number of benzene rings is 1. The van der Waals surface area contributed by atoms with Crippen molar-refractivity contribution in [3.05, 3.63) is 35.9 Å². The third kappa shape index (κ3) is 2.75. The molecule has 1 aromatic rings. The first-order valence-electron chi connectivity index (χ1n) is 3.50. The van der Waals surface area contributed by atoms with Crippen molar-refractivity contribution < 1.29 is 4.79 Å². The fourth-order valence-electron chi connectivity index (χ4n) is 0.776. The Morgan fingerprint density at radius 2 is 1.92 bits per heavy atom. The summed E-state index contributed by atoms with van der Waals surface area (Å²) < 4.78 is 0.753. The molecule has 0 bridgehead atoms. The third-order valence-electron chi connectivity index (χ3n) is 1.26. The van der Waals surface area contributed by atoms with Crippen molar-refractivity contribution in [2.45, 2.75) is 6.92 Å². The molecule has 0 aliphatic carbocycles. The quantitative estimate of drug-likeness (QED) is 0.387. The number of carbonyl (C=O) groups excluding carboxylic acids is 1. The van der Waals surface area contributed by atoms with Crippen LogP contribution >= 0.6 is 11.8 Å². The second-order valence-electron chi connectivity index (χ2n) is 2.26. The number of rotatable bonds is 1. The molecule has 0 N–H and O–H groups in total. The van der Waals surface area contributed by atoms with Gasteiger partial charge in [0.1, 0.15) is 0 Å². The summed E-state index contributed by atoms with van der Waals surface area (Å²) in [5.41, 5.74) is 0.987. The Morgan fingerprint density at radius 3 is 2.42 bits per heavy atom. The van der Waals surface area contributed by atoms with E-state index in [1.165, 1.54) is 6.92 Å². The van der Waals surface area contributed by atoms with Crippen LogP contribution in [0.5, 0.6) is 0 Å². The standard InChI is InChI=1S/C9H8OS2/c1-7(10)12-9(11)8-5-3-2-4-6-8/h2-6H,1H3/p+1. The van der Waals surface area contributed by atoms with Gasteiger partial charge in [-0.15, -0.1) is 0 Å². The molecule has 0 radical (unpaired) electrons. The van der Waals surface area contributed by atoms with E-state index in [0.717, 1.165) is 21.5 Å². The summed E-state index contributed by atoms with van der Waals surface area (Å²) >= 11 is 5.37. The van der Waals surface area contributed by atoms with Crippen LogP contribution in [0.3, 0.4) is 0 Å². The molecule has 0 aliphatic rings. The lowest BCUT2D eigenvalue weighted by atomic mass is 10.2. The molecule has 1 nitrogen and oxygen atoms in total. The van der Waals surface area contributed by atoms with Crippen LogP contribution < -0.4 is 0 Å². The normalized spacial score (nSPS) is 9.42. The van der Waals surface area contributed by atoms with Crippen molar-refractivity contribution in [2.24, 2.45) is 0 Å². The molecule has 0 heterocycles. The van der Waals surface area contributed by atoms with E-state index < -0.39 is 0 Å². The van der Waals surface area contributed by atoms with Crippen molar-refractivity contribution in [1.29, 1.82) is 0 Å². The highest BCUT2D eigenvalue weighted by Gasteiger charge is 2.11. The van der Waals surface area contributed by atoms with Crippen LogP contribution in [0.25, 0.3) is 0 Å². The highest BCUT2D eigenvalue weighted by molar-refractivity contribution is 8.31. The van der Waals surface area contributed by atoms with Crippen LogP contribution in [0.4, 0.5) is 0 Å². The summed E-state index contributed by atoms with van der Waals surface area (Å²) in [6.07, 6.45) is 0. The van der Waals surface area contributed by atoms with E-state index in [4.69, 9.17) is 0 Å². The fourth-order valence-corrected chi connectivity index (χ4v) is 1.84. The Morgan fingerprint density at radius 1 is 1.33 bits per heavy atom. The van der Waals surface area contributed by atoms with Crippen LogP contribution in [-0.4, -0.2) is 9.31 Å². The minimum Gasteiger partial charge on any atom is -0.287 e. The zero-order valence-electron chi connectivity index (χ0n) is 6.65. The molecule has 0 amide bonds. The summed E-state index contributed by atoms with van der Waals surface area (Å²) in [6, 6.07) is 9.64. The zero-order valence-corrected chi connectivity index (χ0v) is 8.36. The smallest absolute Gasteiger partial charge is 0.269 e. The summed E-state index contributed by atoms with van der Waals surface area (Å²) in [6.45, 7) is 1.53. The third-order valence-corrected chi connectivity index (χ3v) is 2.51. The monoisotopic (exact) mass is 197 g/mol. The number of thioether (sulfide) groups is 1. The average Bonchev–Trinajstić information content (AvgIpc) is 2.05. The Labute approximate surface area is 81.2 Å². The SMILES string of the molecule is CC(=O)SC(=[SH+])c1ccccc1. The Bertz CT molecular complexity index is 293. The molecule has 0 atom stereocenters. The summed E-state index contributed by atoms with van der Waals surface area (Å²) in [5, 5.41) is 0.0591. The van der Waals surface area contributed by atoms with Crippen LogP contribution in [-0.2, 0) is 17.0 Å². The maximum Gasteiger partial charge on any atom is 0.269 e. The van der Waals surface area contributed by atoms with Gasteiger partial charge in [-0.3, -0.25) is 4.79 Å². The van der Waals surface area contributed by atoms with E-state index in [-0.39, 0.29) is 5.12 Å². The first-order valence-corrected chi connectivity index (χ1v) is 4.76. The molecule has 0 spiro atoms. The lowest BCUT2D eigenvalue weighted by Crippen LogP contribution is -1.96. The topological polar surface area (TPSA) is 17.1 Å². The van der Waals surface area contributed by atoms with E-state index >= 15 is 0 Å². The van der Waals surface area contributed by atoms with Crippen molar-refractivity contribution in [3.8, 4) is 0 Å². The predicted molar refractivity (Wildman–Crippen MR) is 57.6 cm³/mol. The second kappa shape index (κ2) is 4.38. The van der Waals surface area contributed by atoms with Gasteiger partial charge in [-0.1, -0.05) is 18.2 Å². The minimum atomic E-state index is 0.0591. The molecule has 0 aliphatic heterocycles. The van der Waals surface area contributed by atoms with Gasteiger partial charge in [-0.25, -0.2) is 0 Å². The van der Waals surface area contributed by atoms with Crippen molar-refractivity contribution >= 4 is 33.3 Å². The number of thiol groups is 1. The van der Waals surface area contributed by atoms with Gasteiger partial charge < -0.3 is 0 Å². The lowest BCUT2D eigenvalue weighted by Gasteiger charge is -1.92. The van der Waals surface area contributed by atoms with Gasteiger partial charge in [-0.2, -0.15) is 0 Å². The van der Waals surface area contributed by atoms with Crippen molar-refractivity contribution in [1.82, 2.24) is 0 Å². The molecular formula is C9H9OS2+. The lowest BCUT2D eigenvalue weighted by molar-refractivity contribution is -0.109. The Hall–Kier alpha value is -0.670. The van der Waals surface area contributed by atoms with E-state index in [9.17, 15) is 4.79 Å². The molecule has 62 valence electrons.